The van der Waals surface area contributed by atoms with E-state index in [1.807, 2.05) is 6.07 Å². The second-order valence-electron chi connectivity index (χ2n) is 4.86. The van der Waals surface area contributed by atoms with E-state index in [9.17, 15) is 18.3 Å². The van der Waals surface area contributed by atoms with Gasteiger partial charge >= 0.3 is 5.97 Å². The number of hydrogen-bond acceptors (Lipinski definition) is 4. The average molecular weight is 308 g/mol. The van der Waals surface area contributed by atoms with Crippen molar-refractivity contribution in [3.8, 4) is 0 Å². The lowest BCUT2D eigenvalue weighted by molar-refractivity contribution is -0.140. The number of carboxylic acids is 1. The van der Waals surface area contributed by atoms with Crippen LogP contribution in [0.4, 0.5) is 0 Å². The molecule has 1 aromatic carbocycles. The second-order valence-corrected chi connectivity index (χ2v) is 6.97. The van der Waals surface area contributed by atoms with Gasteiger partial charge in [-0.25, -0.2) is 8.42 Å². The molecule has 5 nitrogen and oxygen atoms in total. The molecular weight excluding hydrogens is 292 g/mol. The summed E-state index contributed by atoms with van der Waals surface area (Å²) in [6, 6.07) is 12.2. The van der Waals surface area contributed by atoms with Crippen LogP contribution in [0.25, 0.3) is 0 Å². The Kier molecular flexibility index (Phi) is 4.80. The van der Waals surface area contributed by atoms with Gasteiger partial charge in [-0.3, -0.25) is 4.79 Å². The molecule has 0 aliphatic carbocycles. The molecule has 0 aliphatic heterocycles. The molecule has 21 heavy (non-hydrogen) atoms. The Morgan fingerprint density at radius 1 is 1.14 bits per heavy atom. The van der Waals surface area contributed by atoms with Crippen LogP contribution in [0.15, 0.2) is 53.1 Å². The van der Waals surface area contributed by atoms with Gasteiger partial charge in [0.2, 0.25) is 0 Å². The van der Waals surface area contributed by atoms with Gasteiger partial charge in [0.05, 0.1) is 17.9 Å². The van der Waals surface area contributed by atoms with Gasteiger partial charge < -0.3 is 9.52 Å². The molecule has 0 aliphatic rings. The third kappa shape index (κ3) is 4.75. The summed E-state index contributed by atoms with van der Waals surface area (Å²) in [6.07, 6.45) is 1.58. The molecule has 1 heterocycles. The van der Waals surface area contributed by atoms with Crippen LogP contribution in [0.2, 0.25) is 0 Å². The Bertz CT molecular complexity index is 674. The Morgan fingerprint density at radius 3 is 2.43 bits per heavy atom. The molecule has 6 heteroatoms. The summed E-state index contributed by atoms with van der Waals surface area (Å²) in [7, 11) is -3.54. The zero-order chi connectivity index (χ0) is 15.3. The fourth-order valence-electron chi connectivity index (χ4n) is 2.09. The lowest BCUT2D eigenvalue weighted by atomic mass is 10.0. The van der Waals surface area contributed by atoms with E-state index in [1.54, 1.807) is 36.4 Å². The van der Waals surface area contributed by atoms with Crippen LogP contribution in [0.3, 0.4) is 0 Å². The van der Waals surface area contributed by atoms with E-state index in [2.05, 4.69) is 0 Å². The molecule has 0 fully saturated rings. The number of rotatable bonds is 7. The molecule has 0 spiro atoms. The first kappa shape index (κ1) is 15.3. The summed E-state index contributed by atoms with van der Waals surface area (Å²) in [5, 5.41) is 9.24. The quantitative estimate of drug-likeness (QED) is 0.847. The summed E-state index contributed by atoms with van der Waals surface area (Å²) in [4.78, 5) is 11.3. The van der Waals surface area contributed by atoms with Crippen LogP contribution in [-0.4, -0.2) is 25.2 Å². The van der Waals surface area contributed by atoms with Crippen molar-refractivity contribution in [3.63, 3.8) is 0 Å². The summed E-state index contributed by atoms with van der Waals surface area (Å²) in [5.74, 6) is -2.44. The third-order valence-corrected chi connectivity index (χ3v) is 4.71. The fraction of sp³-hybridized carbons (Fsp3) is 0.267. The summed E-state index contributed by atoms with van der Waals surface area (Å²) in [5.41, 5.74) is 0.804. The molecule has 0 saturated carbocycles. The maximum Gasteiger partial charge on any atom is 0.307 e. The highest BCUT2D eigenvalue weighted by molar-refractivity contribution is 7.90. The lowest BCUT2D eigenvalue weighted by Crippen LogP contribution is -2.26. The molecule has 1 N–H and O–H groups in total. The van der Waals surface area contributed by atoms with Gasteiger partial charge in [0.25, 0.3) is 0 Å². The van der Waals surface area contributed by atoms with Crippen LogP contribution >= 0.6 is 0 Å². The molecular formula is C15H16O5S. The van der Waals surface area contributed by atoms with Crippen molar-refractivity contribution < 1.29 is 22.7 Å². The van der Waals surface area contributed by atoms with E-state index in [1.165, 1.54) is 6.26 Å². The molecule has 2 aromatic rings. The minimum atomic E-state index is -3.54. The minimum Gasteiger partial charge on any atom is -0.481 e. The summed E-state index contributed by atoms with van der Waals surface area (Å²) < 4.78 is 29.2. The zero-order valence-electron chi connectivity index (χ0n) is 11.3. The van der Waals surface area contributed by atoms with Gasteiger partial charge in [0.15, 0.2) is 9.84 Å². The monoisotopic (exact) mass is 308 g/mol. The second kappa shape index (κ2) is 6.58. The van der Waals surface area contributed by atoms with Crippen molar-refractivity contribution >= 4 is 15.8 Å². The van der Waals surface area contributed by atoms with Gasteiger partial charge in [0.1, 0.15) is 11.5 Å². The molecule has 0 bridgehead atoms. The number of benzene rings is 1. The molecule has 112 valence electrons. The predicted octanol–water partition coefficient (Wildman–Crippen LogP) is 2.14. The van der Waals surface area contributed by atoms with Crippen LogP contribution in [0.5, 0.6) is 0 Å². The summed E-state index contributed by atoms with van der Waals surface area (Å²) >= 11 is 0. The maximum absolute atomic E-state index is 12.1. The fourth-order valence-corrected chi connectivity index (χ4v) is 3.68. The van der Waals surface area contributed by atoms with E-state index < -0.39 is 27.5 Å². The van der Waals surface area contributed by atoms with Gasteiger partial charge in [-0.05, 0) is 24.1 Å². The number of hydrogen-bond donors (Lipinski definition) is 1. The molecule has 0 amide bonds. The highest BCUT2D eigenvalue weighted by Gasteiger charge is 2.26. The van der Waals surface area contributed by atoms with E-state index in [-0.39, 0.29) is 12.2 Å². The van der Waals surface area contributed by atoms with Gasteiger partial charge in [0, 0.05) is 0 Å². The Labute approximate surface area is 123 Å². The average Bonchev–Trinajstić information content (AvgIpc) is 2.91. The smallest absolute Gasteiger partial charge is 0.307 e. The highest BCUT2D eigenvalue weighted by Crippen LogP contribution is 2.15. The highest BCUT2D eigenvalue weighted by atomic mass is 32.2. The Morgan fingerprint density at radius 2 is 1.86 bits per heavy atom. The van der Waals surface area contributed by atoms with E-state index in [0.717, 1.165) is 5.56 Å². The lowest BCUT2D eigenvalue weighted by Gasteiger charge is -2.12. The zero-order valence-corrected chi connectivity index (χ0v) is 12.1. The van der Waals surface area contributed by atoms with Gasteiger partial charge in [-0.15, -0.1) is 0 Å². The van der Waals surface area contributed by atoms with Crippen molar-refractivity contribution in [2.45, 2.75) is 12.2 Å². The SMILES string of the molecule is O=C(O)[C@@H](Cc1ccccc1)CS(=O)(=O)Cc1ccco1. The number of aliphatic carboxylic acids is 1. The molecule has 0 radical (unpaired) electrons. The van der Waals surface area contributed by atoms with Gasteiger partial charge in [-0.1, -0.05) is 30.3 Å². The van der Waals surface area contributed by atoms with Crippen LogP contribution in [0.1, 0.15) is 11.3 Å². The number of carboxylic acid groups (broad SMARTS) is 1. The predicted molar refractivity (Wildman–Crippen MR) is 77.5 cm³/mol. The van der Waals surface area contributed by atoms with Crippen molar-refractivity contribution in [3.05, 3.63) is 60.1 Å². The van der Waals surface area contributed by atoms with Crippen molar-refractivity contribution in [2.24, 2.45) is 5.92 Å². The maximum atomic E-state index is 12.1. The molecule has 2 rings (SSSR count). The molecule has 0 saturated heterocycles. The van der Waals surface area contributed by atoms with Crippen LogP contribution in [0, 0.1) is 5.92 Å². The Hall–Kier alpha value is -2.08. The van der Waals surface area contributed by atoms with Crippen molar-refractivity contribution in [1.29, 1.82) is 0 Å². The normalized spacial score (nSPS) is 13.0. The molecule has 1 aromatic heterocycles. The summed E-state index contributed by atoms with van der Waals surface area (Å²) in [6.45, 7) is 0. The standard InChI is InChI=1S/C15H16O5S/c16-15(17)13(9-12-5-2-1-3-6-12)10-21(18,19)11-14-7-4-8-20-14/h1-8,13H,9-11H2,(H,16,17)/t13-/m0/s1. The first-order chi connectivity index (χ1) is 9.96. The Balaban J connectivity index is 2.07. The van der Waals surface area contributed by atoms with Gasteiger partial charge in [-0.2, -0.15) is 0 Å². The number of carbonyl (C=O) groups is 1. The largest absolute Gasteiger partial charge is 0.481 e. The minimum absolute atomic E-state index is 0.188. The van der Waals surface area contributed by atoms with Crippen molar-refractivity contribution in [2.75, 3.05) is 5.75 Å². The first-order valence-electron chi connectivity index (χ1n) is 6.46. The van der Waals surface area contributed by atoms with Crippen LogP contribution < -0.4 is 0 Å². The topological polar surface area (TPSA) is 84.6 Å². The van der Waals surface area contributed by atoms with E-state index >= 15 is 0 Å². The van der Waals surface area contributed by atoms with E-state index in [4.69, 9.17) is 4.42 Å². The van der Waals surface area contributed by atoms with E-state index in [0.29, 0.717) is 5.76 Å². The number of sulfone groups is 1. The third-order valence-electron chi connectivity index (χ3n) is 3.07. The van der Waals surface area contributed by atoms with Crippen molar-refractivity contribution in [1.82, 2.24) is 0 Å². The number of furan rings is 1. The molecule has 0 unspecified atom stereocenters. The molecule has 1 atom stereocenters. The van der Waals surface area contributed by atoms with Crippen LogP contribution in [-0.2, 0) is 26.8 Å². The first-order valence-corrected chi connectivity index (χ1v) is 8.28.